The first-order chi connectivity index (χ1) is 13.9. The van der Waals surface area contributed by atoms with Crippen LogP contribution in [0, 0.1) is 11.3 Å². The van der Waals surface area contributed by atoms with Crippen LogP contribution in [0.4, 0.5) is 0 Å². The highest BCUT2D eigenvalue weighted by Crippen LogP contribution is 2.59. The lowest BCUT2D eigenvalue weighted by Crippen LogP contribution is -2.53. The van der Waals surface area contributed by atoms with E-state index in [1.165, 1.54) is 17.7 Å². The van der Waals surface area contributed by atoms with Crippen LogP contribution in [0.1, 0.15) is 58.4 Å². The second-order valence-corrected chi connectivity index (χ2v) is 8.71. The van der Waals surface area contributed by atoms with Gasteiger partial charge in [-0.3, -0.25) is 14.4 Å². The van der Waals surface area contributed by atoms with Crippen molar-refractivity contribution in [1.29, 1.82) is 0 Å². The van der Waals surface area contributed by atoms with Crippen LogP contribution in [0.2, 0.25) is 0 Å². The molecule has 0 saturated heterocycles. The summed E-state index contributed by atoms with van der Waals surface area (Å²) < 4.78 is 1.46. The van der Waals surface area contributed by atoms with Crippen molar-refractivity contribution in [1.82, 2.24) is 9.88 Å². The highest BCUT2D eigenvalue weighted by atomic mass is 16.2. The minimum Gasteiger partial charge on any atom is -0.355 e. The van der Waals surface area contributed by atoms with Gasteiger partial charge in [-0.15, -0.1) is 0 Å². The molecule has 4 rings (SSSR count). The molecule has 6 nitrogen and oxygen atoms in total. The summed E-state index contributed by atoms with van der Waals surface area (Å²) in [5.41, 5.74) is 7.26. The third-order valence-electron chi connectivity index (χ3n) is 6.38. The molecular formula is C23H27N3O3. The Balaban J connectivity index is 1.55. The van der Waals surface area contributed by atoms with E-state index >= 15 is 0 Å². The number of amides is 1. The number of hydrogen-bond acceptors (Lipinski definition) is 4. The van der Waals surface area contributed by atoms with Gasteiger partial charge in [0.1, 0.15) is 5.56 Å². The molecule has 2 saturated carbocycles. The lowest BCUT2D eigenvalue weighted by atomic mass is 9.49. The summed E-state index contributed by atoms with van der Waals surface area (Å²) in [6.45, 7) is 0.315. The molecule has 0 atom stereocenters. The predicted octanol–water partition coefficient (Wildman–Crippen LogP) is 2.35. The first-order valence-electron chi connectivity index (χ1n) is 10.2. The lowest BCUT2D eigenvalue weighted by Gasteiger charge is -2.57. The van der Waals surface area contributed by atoms with Crippen molar-refractivity contribution in [3.8, 4) is 0 Å². The van der Waals surface area contributed by atoms with E-state index in [1.54, 1.807) is 6.20 Å². The van der Waals surface area contributed by atoms with Crippen molar-refractivity contribution >= 4 is 11.7 Å². The summed E-state index contributed by atoms with van der Waals surface area (Å²) in [6.07, 6.45) is 6.29. The first kappa shape index (κ1) is 19.6. The highest BCUT2D eigenvalue weighted by Gasteiger charge is 2.51. The van der Waals surface area contributed by atoms with Gasteiger partial charge in [0.2, 0.25) is 0 Å². The zero-order valence-corrected chi connectivity index (χ0v) is 16.7. The Hall–Kier alpha value is -2.73. The SMILES string of the molecule is CNC(=O)c1cc(C(=O)CC2CC3(CC(N)C3)C2)cn(Cc2ccccc2)c1=O. The van der Waals surface area contributed by atoms with Gasteiger partial charge in [-0.2, -0.15) is 0 Å². The van der Waals surface area contributed by atoms with E-state index < -0.39 is 11.5 Å². The Morgan fingerprint density at radius 3 is 2.48 bits per heavy atom. The fourth-order valence-electron chi connectivity index (χ4n) is 5.06. The second kappa shape index (κ2) is 7.59. The molecule has 1 amide bonds. The molecule has 0 radical (unpaired) electrons. The highest BCUT2D eigenvalue weighted by molar-refractivity contribution is 6.00. The molecule has 1 heterocycles. The van der Waals surface area contributed by atoms with Crippen LogP contribution in [-0.4, -0.2) is 29.3 Å². The maximum absolute atomic E-state index is 12.9. The van der Waals surface area contributed by atoms with E-state index in [1.807, 2.05) is 30.3 Å². The average Bonchev–Trinajstić information content (AvgIpc) is 2.66. The Morgan fingerprint density at radius 1 is 1.17 bits per heavy atom. The molecule has 3 N–H and O–H groups in total. The van der Waals surface area contributed by atoms with Gasteiger partial charge in [0.05, 0.1) is 6.54 Å². The van der Waals surface area contributed by atoms with Gasteiger partial charge in [-0.05, 0) is 48.6 Å². The number of hydrogen-bond donors (Lipinski definition) is 2. The smallest absolute Gasteiger partial charge is 0.263 e. The van der Waals surface area contributed by atoms with Crippen molar-refractivity contribution in [3.63, 3.8) is 0 Å². The summed E-state index contributed by atoms with van der Waals surface area (Å²) in [5.74, 6) is -0.120. The largest absolute Gasteiger partial charge is 0.355 e. The molecule has 6 heteroatoms. The van der Waals surface area contributed by atoms with Gasteiger partial charge < -0.3 is 15.6 Å². The van der Waals surface area contributed by atoms with Crippen molar-refractivity contribution in [2.75, 3.05) is 7.05 Å². The summed E-state index contributed by atoms with van der Waals surface area (Å²) in [7, 11) is 1.48. The molecule has 2 fully saturated rings. The molecule has 2 aliphatic carbocycles. The van der Waals surface area contributed by atoms with Crippen LogP contribution in [0.3, 0.4) is 0 Å². The summed E-state index contributed by atoms with van der Waals surface area (Å²) in [5, 5.41) is 2.50. The molecule has 2 aromatic rings. The van der Waals surface area contributed by atoms with Crippen LogP contribution in [0.25, 0.3) is 0 Å². The van der Waals surface area contributed by atoms with Crippen LogP contribution >= 0.6 is 0 Å². The van der Waals surface area contributed by atoms with E-state index in [9.17, 15) is 14.4 Å². The fraction of sp³-hybridized carbons (Fsp3) is 0.435. The molecule has 1 aromatic heterocycles. The minimum absolute atomic E-state index is 0.00401. The summed E-state index contributed by atoms with van der Waals surface area (Å²) in [4.78, 5) is 37.9. The zero-order chi connectivity index (χ0) is 20.6. The fourth-order valence-corrected chi connectivity index (χ4v) is 5.06. The number of nitrogens with two attached hydrogens (primary N) is 1. The third kappa shape index (κ3) is 3.90. The lowest BCUT2D eigenvalue weighted by molar-refractivity contribution is -0.0388. The molecular weight excluding hydrogens is 366 g/mol. The summed E-state index contributed by atoms with van der Waals surface area (Å²) >= 11 is 0. The van der Waals surface area contributed by atoms with Gasteiger partial charge in [0.25, 0.3) is 11.5 Å². The maximum Gasteiger partial charge on any atom is 0.263 e. The molecule has 0 bridgehead atoms. The van der Waals surface area contributed by atoms with Gasteiger partial charge in [-0.1, -0.05) is 30.3 Å². The Morgan fingerprint density at radius 2 is 1.86 bits per heavy atom. The Labute approximate surface area is 170 Å². The molecule has 0 aliphatic heterocycles. The van der Waals surface area contributed by atoms with Crippen LogP contribution in [0.5, 0.6) is 0 Å². The third-order valence-corrected chi connectivity index (χ3v) is 6.38. The van der Waals surface area contributed by atoms with Crippen molar-refractivity contribution in [2.24, 2.45) is 17.1 Å². The zero-order valence-electron chi connectivity index (χ0n) is 16.7. The Kier molecular flexibility index (Phi) is 5.13. The number of aromatic nitrogens is 1. The molecule has 0 unspecified atom stereocenters. The monoisotopic (exact) mass is 393 g/mol. The van der Waals surface area contributed by atoms with E-state index in [0.29, 0.717) is 35.9 Å². The van der Waals surface area contributed by atoms with Crippen molar-refractivity contribution in [3.05, 3.63) is 69.6 Å². The molecule has 29 heavy (non-hydrogen) atoms. The topological polar surface area (TPSA) is 94.2 Å². The molecule has 152 valence electrons. The number of Topliss-reactive ketones (excluding diaryl/α,β-unsaturated/α-hetero) is 1. The molecule has 1 spiro atoms. The number of nitrogens with zero attached hydrogens (tertiary/aromatic N) is 1. The van der Waals surface area contributed by atoms with Crippen molar-refractivity contribution in [2.45, 2.75) is 44.7 Å². The Bertz CT molecular complexity index is 982. The van der Waals surface area contributed by atoms with Gasteiger partial charge in [0, 0.05) is 31.3 Å². The van der Waals surface area contributed by atoms with E-state index in [2.05, 4.69) is 5.32 Å². The number of carbonyl (C=O) groups is 2. The number of nitrogens with one attached hydrogen (secondary N) is 1. The quantitative estimate of drug-likeness (QED) is 0.737. The number of carbonyl (C=O) groups excluding carboxylic acids is 2. The van der Waals surface area contributed by atoms with E-state index in [4.69, 9.17) is 5.73 Å². The molecule has 2 aliphatic rings. The first-order valence-corrected chi connectivity index (χ1v) is 10.2. The second-order valence-electron chi connectivity index (χ2n) is 8.71. The normalized spacial score (nSPS) is 25.2. The summed E-state index contributed by atoms with van der Waals surface area (Å²) in [6, 6.07) is 11.3. The maximum atomic E-state index is 12.9. The predicted molar refractivity (Wildman–Crippen MR) is 111 cm³/mol. The molecule has 1 aromatic carbocycles. The van der Waals surface area contributed by atoms with E-state index in [0.717, 1.165) is 31.2 Å². The van der Waals surface area contributed by atoms with E-state index in [-0.39, 0.29) is 11.3 Å². The van der Waals surface area contributed by atoms with Crippen LogP contribution in [0.15, 0.2) is 47.4 Å². The number of benzene rings is 1. The minimum atomic E-state index is -0.475. The number of pyridine rings is 1. The van der Waals surface area contributed by atoms with Crippen molar-refractivity contribution < 1.29 is 9.59 Å². The standard InChI is InChI=1S/C23H27N3O3/c1-25-21(28)19-8-17(14-26(22(19)29)13-15-5-3-2-4-6-15)20(27)7-16-9-23(10-16)11-18(24)12-23/h2-6,8,14,16,18H,7,9-13,24H2,1H3,(H,25,28). The number of rotatable bonds is 6. The van der Waals surface area contributed by atoms with Gasteiger partial charge in [-0.25, -0.2) is 0 Å². The van der Waals surface area contributed by atoms with Crippen LogP contribution < -0.4 is 16.6 Å². The van der Waals surface area contributed by atoms with Gasteiger partial charge in [0.15, 0.2) is 5.78 Å². The number of ketones is 1. The average molecular weight is 393 g/mol. The van der Waals surface area contributed by atoms with Crippen LogP contribution in [-0.2, 0) is 6.54 Å². The van der Waals surface area contributed by atoms with Gasteiger partial charge >= 0.3 is 0 Å².